The van der Waals surface area contributed by atoms with Gasteiger partial charge in [-0.15, -0.1) is 0 Å². The number of benzene rings is 2. The minimum Gasteiger partial charge on any atom is -0.503 e. The molecule has 1 fully saturated rings. The highest BCUT2D eigenvalue weighted by Crippen LogP contribution is 2.48. The number of ketones is 1. The molecule has 1 saturated carbocycles. The fourth-order valence-electron chi connectivity index (χ4n) is 5.06. The topological polar surface area (TPSA) is 94.4 Å². The van der Waals surface area contributed by atoms with E-state index in [0.29, 0.717) is 40.8 Å². The summed E-state index contributed by atoms with van der Waals surface area (Å²) in [5.41, 5.74) is 3.34. The standard InChI is InChI=1S/C27H28BrNO6/c1-5-35-22-13-17(10-19(28)26(22)31)24-23(27(32)34-4)14(2)29-20-11-16(12-21(30)25(20)24)15-6-8-18(33-3)9-7-15/h6-10,13,16,24-25,31H,5,11-12H2,1-4H3/t16-,24+,25?/m1/s1. The van der Waals surface area contributed by atoms with E-state index < -0.39 is 17.8 Å². The molecule has 2 aromatic rings. The largest absolute Gasteiger partial charge is 0.503 e. The molecule has 0 amide bonds. The minimum atomic E-state index is -0.604. The number of esters is 1. The molecule has 0 bridgehead atoms. The van der Waals surface area contributed by atoms with Crippen molar-refractivity contribution in [2.75, 3.05) is 20.8 Å². The van der Waals surface area contributed by atoms with Crippen molar-refractivity contribution in [3.05, 3.63) is 63.3 Å². The number of hydrogen-bond donors (Lipinski definition) is 1. The maximum atomic E-state index is 13.7. The number of aromatic hydroxyl groups is 1. The molecule has 184 valence electrons. The van der Waals surface area contributed by atoms with Crippen molar-refractivity contribution in [1.82, 2.24) is 0 Å². The summed E-state index contributed by atoms with van der Waals surface area (Å²) in [7, 11) is 2.94. The van der Waals surface area contributed by atoms with Crippen molar-refractivity contribution < 1.29 is 28.9 Å². The van der Waals surface area contributed by atoms with Gasteiger partial charge in [-0.1, -0.05) is 12.1 Å². The summed E-state index contributed by atoms with van der Waals surface area (Å²) < 4.78 is 16.4. The third kappa shape index (κ3) is 4.72. The van der Waals surface area contributed by atoms with Crippen LogP contribution in [0.3, 0.4) is 0 Å². The van der Waals surface area contributed by atoms with Gasteiger partial charge in [0.1, 0.15) is 11.5 Å². The molecule has 0 saturated heterocycles. The fourth-order valence-corrected chi connectivity index (χ4v) is 5.52. The van der Waals surface area contributed by atoms with Crippen molar-refractivity contribution in [1.29, 1.82) is 0 Å². The zero-order valence-corrected chi connectivity index (χ0v) is 21.7. The van der Waals surface area contributed by atoms with Gasteiger partial charge in [-0.05, 0) is 77.5 Å². The van der Waals surface area contributed by atoms with Gasteiger partial charge in [0, 0.05) is 23.7 Å². The number of hydrogen-bond acceptors (Lipinski definition) is 7. The second kappa shape index (κ2) is 10.2. The number of aliphatic imine (C=N–C) groups is 1. The number of phenolic OH excluding ortho intramolecular Hbond substituents is 1. The minimum absolute atomic E-state index is 0.0110. The zero-order chi connectivity index (χ0) is 25.3. The molecule has 0 spiro atoms. The van der Waals surface area contributed by atoms with Gasteiger partial charge in [0.05, 0.1) is 36.8 Å². The Hall–Kier alpha value is -3.13. The van der Waals surface area contributed by atoms with Crippen LogP contribution in [-0.4, -0.2) is 43.4 Å². The predicted octanol–water partition coefficient (Wildman–Crippen LogP) is 5.31. The van der Waals surface area contributed by atoms with Crippen LogP contribution in [0.5, 0.6) is 17.2 Å². The summed E-state index contributed by atoms with van der Waals surface area (Å²) in [6, 6.07) is 11.2. The van der Waals surface area contributed by atoms with Crippen molar-refractivity contribution in [2.24, 2.45) is 10.9 Å². The molecule has 35 heavy (non-hydrogen) atoms. The Morgan fingerprint density at radius 2 is 1.83 bits per heavy atom. The number of fused-ring (bicyclic) bond motifs is 1. The first kappa shape index (κ1) is 25.0. The lowest BCUT2D eigenvalue weighted by Crippen LogP contribution is -2.41. The number of halogens is 1. The van der Waals surface area contributed by atoms with Crippen LogP contribution < -0.4 is 9.47 Å². The van der Waals surface area contributed by atoms with Gasteiger partial charge >= 0.3 is 5.97 Å². The van der Waals surface area contributed by atoms with Crippen LogP contribution in [0.2, 0.25) is 0 Å². The monoisotopic (exact) mass is 541 g/mol. The SMILES string of the molecule is CCOc1cc([C@H]2C(C(=O)OC)=C(C)N=C3C[C@@H](c4ccc(OC)cc4)CC(=O)C32)cc(Br)c1O. The molecular formula is C27H28BrNO6. The van der Waals surface area contributed by atoms with Crippen molar-refractivity contribution in [3.8, 4) is 17.2 Å². The van der Waals surface area contributed by atoms with Gasteiger partial charge in [0.2, 0.25) is 0 Å². The lowest BCUT2D eigenvalue weighted by molar-refractivity contribution is -0.136. The Morgan fingerprint density at radius 3 is 2.46 bits per heavy atom. The van der Waals surface area contributed by atoms with Gasteiger partial charge in [-0.3, -0.25) is 9.79 Å². The Bertz CT molecular complexity index is 1220. The van der Waals surface area contributed by atoms with Crippen LogP contribution in [0.1, 0.15) is 49.7 Å². The number of methoxy groups -OCH3 is 2. The molecule has 1 aliphatic heterocycles. The fraction of sp³-hybridized carbons (Fsp3) is 0.370. The van der Waals surface area contributed by atoms with E-state index >= 15 is 0 Å². The lowest BCUT2D eigenvalue weighted by atomic mass is 9.66. The molecule has 0 radical (unpaired) electrons. The Labute approximate surface area is 212 Å². The number of phenols is 1. The molecule has 3 atom stereocenters. The average Bonchev–Trinajstić information content (AvgIpc) is 2.85. The first-order valence-electron chi connectivity index (χ1n) is 11.5. The van der Waals surface area contributed by atoms with E-state index in [-0.39, 0.29) is 23.2 Å². The van der Waals surface area contributed by atoms with Crippen LogP contribution in [0.25, 0.3) is 0 Å². The second-order valence-electron chi connectivity index (χ2n) is 8.68. The maximum Gasteiger partial charge on any atom is 0.336 e. The van der Waals surface area contributed by atoms with Crippen LogP contribution in [0.15, 0.2) is 57.1 Å². The number of Topliss-reactive ketones (excluding diaryl/α,β-unsaturated/α-hetero) is 1. The third-order valence-electron chi connectivity index (χ3n) is 6.66. The Kier molecular flexibility index (Phi) is 7.31. The third-order valence-corrected chi connectivity index (χ3v) is 7.26. The molecule has 4 rings (SSSR count). The van der Waals surface area contributed by atoms with E-state index in [1.54, 1.807) is 26.2 Å². The molecule has 1 aliphatic carbocycles. The lowest BCUT2D eigenvalue weighted by Gasteiger charge is -2.38. The molecule has 2 aromatic carbocycles. The number of carbonyl (C=O) groups excluding carboxylic acids is 2. The first-order chi connectivity index (χ1) is 16.8. The van der Waals surface area contributed by atoms with E-state index in [0.717, 1.165) is 17.0 Å². The molecule has 2 aliphatic rings. The summed E-state index contributed by atoms with van der Waals surface area (Å²) >= 11 is 3.39. The van der Waals surface area contributed by atoms with E-state index in [2.05, 4.69) is 15.9 Å². The number of allylic oxidation sites excluding steroid dienone is 1. The molecule has 7 nitrogen and oxygen atoms in total. The van der Waals surface area contributed by atoms with E-state index in [1.807, 2.05) is 31.2 Å². The Balaban J connectivity index is 1.80. The first-order valence-corrected chi connectivity index (χ1v) is 12.3. The number of nitrogens with zero attached hydrogens (tertiary/aromatic N) is 1. The van der Waals surface area contributed by atoms with Gasteiger partial charge in [-0.25, -0.2) is 4.79 Å². The highest BCUT2D eigenvalue weighted by atomic mass is 79.9. The second-order valence-corrected chi connectivity index (χ2v) is 9.53. The van der Waals surface area contributed by atoms with Crippen LogP contribution in [0.4, 0.5) is 0 Å². The highest BCUT2D eigenvalue weighted by Gasteiger charge is 2.46. The summed E-state index contributed by atoms with van der Waals surface area (Å²) in [6.07, 6.45) is 0.931. The number of carbonyl (C=O) groups is 2. The van der Waals surface area contributed by atoms with Gasteiger partial charge in [-0.2, -0.15) is 0 Å². The molecule has 1 unspecified atom stereocenters. The van der Waals surface area contributed by atoms with Gasteiger partial charge in [0.15, 0.2) is 11.5 Å². The summed E-state index contributed by atoms with van der Waals surface area (Å²) in [6.45, 7) is 3.94. The van der Waals surface area contributed by atoms with E-state index in [4.69, 9.17) is 19.2 Å². The number of ether oxygens (including phenoxy) is 3. The van der Waals surface area contributed by atoms with Gasteiger partial charge in [0.25, 0.3) is 0 Å². The Morgan fingerprint density at radius 1 is 1.11 bits per heavy atom. The normalized spacial score (nSPS) is 21.8. The van der Waals surface area contributed by atoms with Crippen LogP contribution in [-0.2, 0) is 14.3 Å². The van der Waals surface area contributed by atoms with E-state index in [9.17, 15) is 14.7 Å². The number of rotatable bonds is 6. The predicted molar refractivity (Wildman–Crippen MR) is 135 cm³/mol. The molecule has 8 heteroatoms. The van der Waals surface area contributed by atoms with Crippen LogP contribution in [0, 0.1) is 5.92 Å². The zero-order valence-electron chi connectivity index (χ0n) is 20.1. The summed E-state index contributed by atoms with van der Waals surface area (Å²) in [4.78, 5) is 31.3. The smallest absolute Gasteiger partial charge is 0.336 e. The van der Waals surface area contributed by atoms with Crippen LogP contribution >= 0.6 is 15.9 Å². The van der Waals surface area contributed by atoms with Gasteiger partial charge < -0.3 is 19.3 Å². The maximum absolute atomic E-state index is 13.7. The molecular weight excluding hydrogens is 514 g/mol. The average molecular weight is 542 g/mol. The quantitative estimate of drug-likeness (QED) is 0.498. The summed E-state index contributed by atoms with van der Waals surface area (Å²) in [5.74, 6) is -0.726. The van der Waals surface area contributed by atoms with Crippen molar-refractivity contribution >= 4 is 33.4 Å². The molecule has 0 aromatic heterocycles. The van der Waals surface area contributed by atoms with Crippen molar-refractivity contribution in [3.63, 3.8) is 0 Å². The molecule has 1 N–H and O–H groups in total. The van der Waals surface area contributed by atoms with E-state index in [1.165, 1.54) is 7.11 Å². The molecule has 1 heterocycles. The summed E-state index contributed by atoms with van der Waals surface area (Å²) in [5, 5.41) is 10.4. The van der Waals surface area contributed by atoms with Crippen molar-refractivity contribution in [2.45, 2.75) is 38.5 Å². The highest BCUT2D eigenvalue weighted by molar-refractivity contribution is 9.10.